The van der Waals surface area contributed by atoms with E-state index in [0.29, 0.717) is 12.5 Å². The fraction of sp³-hybridized carbons (Fsp3) is 0.938. The lowest BCUT2D eigenvalue weighted by atomic mass is 10.1. The number of unbranched alkanes of at least 4 members (excludes halogenated alkanes) is 5. The summed E-state index contributed by atoms with van der Waals surface area (Å²) in [4.78, 5) is 16.4. The quantitative estimate of drug-likeness (QED) is 0.510. The molecule has 0 aromatic rings. The lowest BCUT2D eigenvalue weighted by molar-refractivity contribution is -0.132. The predicted octanol–water partition coefficient (Wildman–Crippen LogP) is 3.96. The van der Waals surface area contributed by atoms with Crippen molar-refractivity contribution < 1.29 is 4.79 Å². The maximum Gasteiger partial charge on any atom is 0.236 e. The van der Waals surface area contributed by atoms with Gasteiger partial charge in [0.25, 0.3) is 0 Å². The first-order chi connectivity index (χ1) is 9.19. The van der Waals surface area contributed by atoms with E-state index in [2.05, 4.69) is 32.6 Å². The Hall–Kier alpha value is -0.280. The standard InChI is InChI=1S/C16H34N2O.ClH/c1-5-9-10-11-12-13-14-18(8-4)16(19)15-17(6-2)7-3;/h5-15H2,1-4H3;1H. The summed E-state index contributed by atoms with van der Waals surface area (Å²) in [5, 5.41) is 0. The molecule has 0 aliphatic rings. The van der Waals surface area contributed by atoms with Gasteiger partial charge >= 0.3 is 0 Å². The van der Waals surface area contributed by atoms with Gasteiger partial charge in [-0.15, -0.1) is 12.4 Å². The van der Waals surface area contributed by atoms with Crippen molar-refractivity contribution in [1.29, 1.82) is 0 Å². The molecular formula is C16H35ClN2O. The van der Waals surface area contributed by atoms with Crippen LogP contribution in [0, 0.1) is 0 Å². The van der Waals surface area contributed by atoms with Crippen LogP contribution in [-0.4, -0.2) is 48.4 Å². The average molecular weight is 307 g/mol. The summed E-state index contributed by atoms with van der Waals surface area (Å²) in [7, 11) is 0. The molecule has 0 atom stereocenters. The molecule has 0 rings (SSSR count). The third-order valence-corrected chi connectivity index (χ3v) is 3.77. The Morgan fingerprint density at radius 3 is 1.85 bits per heavy atom. The normalized spacial score (nSPS) is 10.4. The Morgan fingerprint density at radius 2 is 1.35 bits per heavy atom. The van der Waals surface area contributed by atoms with E-state index in [9.17, 15) is 4.79 Å². The summed E-state index contributed by atoms with van der Waals surface area (Å²) in [6.07, 6.45) is 7.71. The minimum atomic E-state index is 0. The Labute approximate surface area is 132 Å². The molecule has 20 heavy (non-hydrogen) atoms. The molecule has 0 aromatic heterocycles. The summed E-state index contributed by atoms with van der Waals surface area (Å²) in [6.45, 7) is 12.8. The van der Waals surface area contributed by atoms with Crippen LogP contribution in [0.2, 0.25) is 0 Å². The van der Waals surface area contributed by atoms with E-state index in [1.165, 1.54) is 32.1 Å². The van der Waals surface area contributed by atoms with Crippen molar-refractivity contribution >= 4 is 18.3 Å². The van der Waals surface area contributed by atoms with Crippen LogP contribution in [0.25, 0.3) is 0 Å². The van der Waals surface area contributed by atoms with Crippen LogP contribution in [0.3, 0.4) is 0 Å². The van der Waals surface area contributed by atoms with Crippen molar-refractivity contribution in [3.63, 3.8) is 0 Å². The number of hydrogen-bond donors (Lipinski definition) is 0. The number of rotatable bonds is 12. The van der Waals surface area contributed by atoms with Crippen LogP contribution in [0.1, 0.15) is 66.2 Å². The number of carbonyl (C=O) groups is 1. The minimum Gasteiger partial charge on any atom is -0.342 e. The summed E-state index contributed by atoms with van der Waals surface area (Å²) in [5.74, 6) is 0.291. The summed E-state index contributed by atoms with van der Waals surface area (Å²) < 4.78 is 0. The molecule has 0 aromatic carbocycles. The molecule has 122 valence electrons. The molecule has 0 saturated heterocycles. The van der Waals surface area contributed by atoms with Gasteiger partial charge in [-0.3, -0.25) is 9.69 Å². The number of likely N-dealkylation sites (N-methyl/N-ethyl adjacent to an activating group) is 2. The van der Waals surface area contributed by atoms with Crippen molar-refractivity contribution in [3.8, 4) is 0 Å². The van der Waals surface area contributed by atoms with E-state index in [4.69, 9.17) is 0 Å². The zero-order valence-electron chi connectivity index (χ0n) is 14.0. The highest BCUT2D eigenvalue weighted by atomic mass is 35.5. The molecule has 0 saturated carbocycles. The van der Waals surface area contributed by atoms with Crippen LogP contribution in [0.5, 0.6) is 0 Å². The van der Waals surface area contributed by atoms with Gasteiger partial charge in [-0.2, -0.15) is 0 Å². The second-order valence-electron chi connectivity index (χ2n) is 5.20. The van der Waals surface area contributed by atoms with E-state index in [0.717, 1.165) is 32.6 Å². The predicted molar refractivity (Wildman–Crippen MR) is 90.7 cm³/mol. The molecular weight excluding hydrogens is 272 g/mol. The molecule has 1 amide bonds. The van der Waals surface area contributed by atoms with Crippen LogP contribution in [0.4, 0.5) is 0 Å². The van der Waals surface area contributed by atoms with Gasteiger partial charge < -0.3 is 4.90 Å². The van der Waals surface area contributed by atoms with Crippen molar-refractivity contribution in [2.24, 2.45) is 0 Å². The van der Waals surface area contributed by atoms with Gasteiger partial charge in [0, 0.05) is 13.1 Å². The fourth-order valence-corrected chi connectivity index (χ4v) is 2.28. The maximum absolute atomic E-state index is 12.2. The molecule has 0 aliphatic heterocycles. The van der Waals surface area contributed by atoms with Crippen LogP contribution in [-0.2, 0) is 4.79 Å². The molecule has 0 fully saturated rings. The molecule has 0 bridgehead atoms. The van der Waals surface area contributed by atoms with Gasteiger partial charge in [-0.05, 0) is 26.4 Å². The van der Waals surface area contributed by atoms with E-state index < -0.39 is 0 Å². The van der Waals surface area contributed by atoms with E-state index >= 15 is 0 Å². The van der Waals surface area contributed by atoms with Crippen molar-refractivity contribution in [2.75, 3.05) is 32.7 Å². The van der Waals surface area contributed by atoms with Crippen molar-refractivity contribution in [3.05, 3.63) is 0 Å². The number of hydrogen-bond acceptors (Lipinski definition) is 2. The van der Waals surface area contributed by atoms with Crippen molar-refractivity contribution in [2.45, 2.75) is 66.2 Å². The third-order valence-electron chi connectivity index (χ3n) is 3.77. The Morgan fingerprint density at radius 1 is 0.800 bits per heavy atom. The molecule has 0 aliphatic carbocycles. The largest absolute Gasteiger partial charge is 0.342 e. The Bertz CT molecular complexity index is 221. The highest BCUT2D eigenvalue weighted by Gasteiger charge is 2.13. The number of nitrogens with zero attached hydrogens (tertiary/aromatic N) is 2. The highest BCUT2D eigenvalue weighted by Crippen LogP contribution is 2.06. The highest BCUT2D eigenvalue weighted by molar-refractivity contribution is 5.85. The first-order valence-electron chi connectivity index (χ1n) is 8.19. The third kappa shape index (κ3) is 10.5. The zero-order valence-corrected chi connectivity index (χ0v) is 14.8. The molecule has 0 heterocycles. The van der Waals surface area contributed by atoms with Gasteiger partial charge in [-0.1, -0.05) is 52.9 Å². The van der Waals surface area contributed by atoms with Crippen LogP contribution < -0.4 is 0 Å². The summed E-state index contributed by atoms with van der Waals surface area (Å²) in [5.41, 5.74) is 0. The van der Waals surface area contributed by atoms with Gasteiger partial charge in [-0.25, -0.2) is 0 Å². The van der Waals surface area contributed by atoms with E-state index in [1.807, 2.05) is 4.90 Å². The molecule has 4 heteroatoms. The number of halogens is 1. The topological polar surface area (TPSA) is 23.6 Å². The molecule has 3 nitrogen and oxygen atoms in total. The Balaban J connectivity index is 0. The smallest absolute Gasteiger partial charge is 0.236 e. The number of carbonyl (C=O) groups excluding carboxylic acids is 1. The SMILES string of the molecule is CCCCCCCCN(CC)C(=O)CN(CC)CC.Cl. The Kier molecular flexibility index (Phi) is 16.6. The van der Waals surface area contributed by atoms with E-state index in [-0.39, 0.29) is 12.4 Å². The number of amides is 1. The maximum atomic E-state index is 12.2. The van der Waals surface area contributed by atoms with Gasteiger partial charge in [0.1, 0.15) is 0 Å². The van der Waals surface area contributed by atoms with Gasteiger partial charge in [0.15, 0.2) is 0 Å². The van der Waals surface area contributed by atoms with Crippen LogP contribution in [0.15, 0.2) is 0 Å². The zero-order chi connectivity index (χ0) is 14.5. The van der Waals surface area contributed by atoms with Crippen LogP contribution >= 0.6 is 12.4 Å². The first kappa shape index (κ1) is 22.0. The fourth-order valence-electron chi connectivity index (χ4n) is 2.28. The molecule has 0 N–H and O–H groups in total. The second kappa shape index (κ2) is 15.1. The lowest BCUT2D eigenvalue weighted by Crippen LogP contribution is -2.40. The summed E-state index contributed by atoms with van der Waals surface area (Å²) in [6, 6.07) is 0. The minimum absolute atomic E-state index is 0. The van der Waals surface area contributed by atoms with E-state index in [1.54, 1.807) is 0 Å². The molecule has 0 unspecified atom stereocenters. The molecule has 0 radical (unpaired) electrons. The van der Waals surface area contributed by atoms with Gasteiger partial charge in [0.05, 0.1) is 6.54 Å². The first-order valence-corrected chi connectivity index (χ1v) is 8.19. The lowest BCUT2D eigenvalue weighted by Gasteiger charge is -2.25. The molecule has 0 spiro atoms. The average Bonchev–Trinajstić information content (AvgIpc) is 2.43. The second-order valence-corrected chi connectivity index (χ2v) is 5.20. The monoisotopic (exact) mass is 306 g/mol. The van der Waals surface area contributed by atoms with Gasteiger partial charge in [0.2, 0.25) is 5.91 Å². The summed E-state index contributed by atoms with van der Waals surface area (Å²) >= 11 is 0. The van der Waals surface area contributed by atoms with Crippen molar-refractivity contribution in [1.82, 2.24) is 9.80 Å².